The van der Waals surface area contributed by atoms with Crippen LogP contribution in [0.5, 0.6) is 0 Å². The van der Waals surface area contributed by atoms with Crippen LogP contribution in [0.15, 0.2) is 30.5 Å². The standard InChI is InChI=1S/C14H20N6O/c1-20(2)12-6-4-11(5-7-12)17-14-18-13(10-16-19-14)15-8-9-21-3/h4-7,10H,8-9H2,1-3H3,(H2,15,17,18,19). The number of hydrogen-bond donors (Lipinski definition) is 2. The van der Waals surface area contributed by atoms with Crippen molar-refractivity contribution in [2.24, 2.45) is 0 Å². The molecule has 0 saturated carbocycles. The van der Waals surface area contributed by atoms with Crippen LogP contribution in [0.1, 0.15) is 0 Å². The Morgan fingerprint density at radius 1 is 1.19 bits per heavy atom. The van der Waals surface area contributed by atoms with Crippen LogP contribution in [-0.4, -0.2) is 49.5 Å². The third-order valence-electron chi connectivity index (χ3n) is 2.81. The number of nitrogens with zero attached hydrogens (tertiary/aromatic N) is 4. The molecule has 7 heteroatoms. The molecule has 112 valence electrons. The average Bonchev–Trinajstić information content (AvgIpc) is 2.48. The Morgan fingerprint density at radius 2 is 1.95 bits per heavy atom. The lowest BCUT2D eigenvalue weighted by Gasteiger charge is -2.13. The summed E-state index contributed by atoms with van der Waals surface area (Å²) in [4.78, 5) is 6.38. The summed E-state index contributed by atoms with van der Waals surface area (Å²) in [6.07, 6.45) is 1.58. The fraction of sp³-hybridized carbons (Fsp3) is 0.357. The second-order valence-electron chi connectivity index (χ2n) is 4.65. The fourth-order valence-corrected chi connectivity index (χ4v) is 1.69. The number of methoxy groups -OCH3 is 1. The number of nitrogens with one attached hydrogen (secondary N) is 2. The third-order valence-corrected chi connectivity index (χ3v) is 2.81. The molecule has 1 aromatic carbocycles. The van der Waals surface area contributed by atoms with Gasteiger partial charge in [0.15, 0.2) is 5.82 Å². The predicted octanol–water partition coefficient (Wildman–Crippen LogP) is 1.74. The summed E-state index contributed by atoms with van der Waals surface area (Å²) in [6, 6.07) is 8.00. The van der Waals surface area contributed by atoms with E-state index in [0.717, 1.165) is 11.4 Å². The van der Waals surface area contributed by atoms with Crippen LogP contribution in [0.4, 0.5) is 23.1 Å². The zero-order valence-electron chi connectivity index (χ0n) is 12.5. The molecule has 0 fully saturated rings. The predicted molar refractivity (Wildman–Crippen MR) is 84.2 cm³/mol. The Morgan fingerprint density at radius 3 is 2.62 bits per heavy atom. The van der Waals surface area contributed by atoms with Crippen LogP contribution in [0.25, 0.3) is 0 Å². The average molecular weight is 288 g/mol. The van der Waals surface area contributed by atoms with Gasteiger partial charge in [0.2, 0.25) is 5.95 Å². The molecule has 1 aromatic heterocycles. The largest absolute Gasteiger partial charge is 0.383 e. The molecule has 2 rings (SSSR count). The van der Waals surface area contributed by atoms with Crippen LogP contribution >= 0.6 is 0 Å². The Hall–Kier alpha value is -2.41. The van der Waals surface area contributed by atoms with Gasteiger partial charge in [-0.3, -0.25) is 0 Å². The fourth-order valence-electron chi connectivity index (χ4n) is 1.69. The molecule has 21 heavy (non-hydrogen) atoms. The molecule has 0 bridgehead atoms. The molecule has 0 unspecified atom stereocenters. The highest BCUT2D eigenvalue weighted by Gasteiger charge is 2.02. The number of ether oxygens (including phenoxy) is 1. The highest BCUT2D eigenvalue weighted by molar-refractivity contribution is 5.59. The van der Waals surface area contributed by atoms with Crippen molar-refractivity contribution in [1.82, 2.24) is 15.2 Å². The number of hydrogen-bond acceptors (Lipinski definition) is 7. The van der Waals surface area contributed by atoms with Gasteiger partial charge in [-0.25, -0.2) is 0 Å². The minimum atomic E-state index is 0.454. The molecular weight excluding hydrogens is 268 g/mol. The lowest BCUT2D eigenvalue weighted by atomic mass is 10.2. The van der Waals surface area contributed by atoms with Gasteiger partial charge in [0.25, 0.3) is 0 Å². The van der Waals surface area contributed by atoms with Gasteiger partial charge in [0.1, 0.15) is 0 Å². The summed E-state index contributed by atoms with van der Waals surface area (Å²) in [6.45, 7) is 1.28. The number of rotatable bonds is 7. The molecule has 2 N–H and O–H groups in total. The van der Waals surface area contributed by atoms with E-state index in [-0.39, 0.29) is 0 Å². The van der Waals surface area contributed by atoms with Crippen molar-refractivity contribution in [1.29, 1.82) is 0 Å². The van der Waals surface area contributed by atoms with Gasteiger partial charge >= 0.3 is 0 Å². The van der Waals surface area contributed by atoms with E-state index < -0.39 is 0 Å². The van der Waals surface area contributed by atoms with E-state index in [2.05, 4.69) is 25.8 Å². The van der Waals surface area contributed by atoms with Crippen molar-refractivity contribution in [2.45, 2.75) is 0 Å². The van der Waals surface area contributed by atoms with E-state index in [0.29, 0.717) is 24.9 Å². The van der Waals surface area contributed by atoms with Crippen LogP contribution in [-0.2, 0) is 4.74 Å². The molecule has 0 atom stereocenters. The molecule has 0 radical (unpaired) electrons. The minimum absolute atomic E-state index is 0.454. The summed E-state index contributed by atoms with van der Waals surface area (Å²) in [7, 11) is 5.67. The van der Waals surface area contributed by atoms with Gasteiger partial charge in [-0.05, 0) is 24.3 Å². The van der Waals surface area contributed by atoms with Crippen molar-refractivity contribution in [2.75, 3.05) is 49.9 Å². The van der Waals surface area contributed by atoms with E-state index in [4.69, 9.17) is 4.74 Å². The number of anilines is 4. The van der Waals surface area contributed by atoms with Gasteiger partial charge in [0, 0.05) is 39.1 Å². The molecule has 0 saturated heterocycles. The Kier molecular flexibility index (Phi) is 5.28. The monoisotopic (exact) mass is 288 g/mol. The summed E-state index contributed by atoms with van der Waals surface area (Å²) in [5.41, 5.74) is 2.05. The Labute approximate surface area is 124 Å². The van der Waals surface area contributed by atoms with Crippen molar-refractivity contribution in [3.63, 3.8) is 0 Å². The van der Waals surface area contributed by atoms with Crippen molar-refractivity contribution in [3.05, 3.63) is 30.5 Å². The molecule has 7 nitrogen and oxygen atoms in total. The Balaban J connectivity index is 2.00. The quantitative estimate of drug-likeness (QED) is 0.752. The number of benzene rings is 1. The first-order valence-electron chi connectivity index (χ1n) is 6.66. The number of aromatic nitrogens is 3. The second-order valence-corrected chi connectivity index (χ2v) is 4.65. The van der Waals surface area contributed by atoms with Crippen LogP contribution < -0.4 is 15.5 Å². The lowest BCUT2D eigenvalue weighted by molar-refractivity contribution is 0.210. The SMILES string of the molecule is COCCNc1cnnc(Nc2ccc(N(C)C)cc2)n1. The van der Waals surface area contributed by atoms with E-state index in [1.54, 1.807) is 13.3 Å². The maximum atomic E-state index is 4.97. The van der Waals surface area contributed by atoms with Crippen LogP contribution in [0, 0.1) is 0 Å². The molecule has 2 aromatic rings. The van der Waals surface area contributed by atoms with E-state index in [1.807, 2.05) is 43.3 Å². The molecule has 0 aliphatic heterocycles. The molecule has 0 spiro atoms. The van der Waals surface area contributed by atoms with E-state index in [1.165, 1.54) is 0 Å². The summed E-state index contributed by atoms with van der Waals surface area (Å²) < 4.78 is 4.97. The smallest absolute Gasteiger partial charge is 0.249 e. The summed E-state index contributed by atoms with van der Waals surface area (Å²) in [5, 5.41) is 14.1. The lowest BCUT2D eigenvalue weighted by Crippen LogP contribution is -2.10. The van der Waals surface area contributed by atoms with Crippen molar-refractivity contribution >= 4 is 23.1 Å². The summed E-state index contributed by atoms with van der Waals surface area (Å²) in [5.74, 6) is 1.12. The minimum Gasteiger partial charge on any atom is -0.383 e. The van der Waals surface area contributed by atoms with Gasteiger partial charge < -0.3 is 20.3 Å². The molecule has 1 heterocycles. The van der Waals surface area contributed by atoms with Gasteiger partial charge in [-0.15, -0.1) is 5.10 Å². The highest BCUT2D eigenvalue weighted by atomic mass is 16.5. The van der Waals surface area contributed by atoms with Crippen molar-refractivity contribution < 1.29 is 4.74 Å². The maximum Gasteiger partial charge on any atom is 0.249 e. The molecule has 0 aliphatic rings. The topological polar surface area (TPSA) is 75.2 Å². The van der Waals surface area contributed by atoms with E-state index >= 15 is 0 Å². The normalized spacial score (nSPS) is 10.2. The van der Waals surface area contributed by atoms with Crippen LogP contribution in [0.3, 0.4) is 0 Å². The molecule has 0 amide bonds. The summed E-state index contributed by atoms with van der Waals surface area (Å²) >= 11 is 0. The zero-order valence-corrected chi connectivity index (χ0v) is 12.5. The van der Waals surface area contributed by atoms with Crippen molar-refractivity contribution in [3.8, 4) is 0 Å². The first-order chi connectivity index (χ1) is 10.2. The maximum absolute atomic E-state index is 4.97. The molecule has 0 aliphatic carbocycles. The van der Waals surface area contributed by atoms with Gasteiger partial charge in [-0.1, -0.05) is 0 Å². The van der Waals surface area contributed by atoms with E-state index in [9.17, 15) is 0 Å². The second kappa shape index (κ2) is 7.39. The first-order valence-corrected chi connectivity index (χ1v) is 6.66. The molecular formula is C14H20N6O. The highest BCUT2D eigenvalue weighted by Crippen LogP contribution is 2.18. The first kappa shape index (κ1) is 15.0. The van der Waals surface area contributed by atoms with Gasteiger partial charge in [-0.2, -0.15) is 10.1 Å². The Bertz CT molecular complexity index is 558. The third kappa shape index (κ3) is 4.57. The van der Waals surface area contributed by atoms with Crippen LogP contribution in [0.2, 0.25) is 0 Å². The van der Waals surface area contributed by atoms with Gasteiger partial charge in [0.05, 0.1) is 12.8 Å². The zero-order chi connectivity index (χ0) is 15.1.